The van der Waals surface area contributed by atoms with E-state index in [1.54, 1.807) is 0 Å². The van der Waals surface area contributed by atoms with Gasteiger partial charge in [0, 0.05) is 17.2 Å². The van der Waals surface area contributed by atoms with Crippen LogP contribution in [-0.4, -0.2) is 5.84 Å². The van der Waals surface area contributed by atoms with Gasteiger partial charge in [0.25, 0.3) is 0 Å². The van der Waals surface area contributed by atoms with Crippen LogP contribution < -0.4 is 4.90 Å². The van der Waals surface area contributed by atoms with E-state index in [2.05, 4.69) is 151 Å². The normalized spacial score (nSPS) is 18.1. The monoisotopic (exact) mass is 601 g/mol. The molecular weight excluding hydrogens is 571 g/mol. The second-order valence-corrected chi connectivity index (χ2v) is 11.8. The minimum absolute atomic E-state index is 0.0793. The van der Waals surface area contributed by atoms with Gasteiger partial charge < -0.3 is 0 Å². The molecule has 47 heavy (non-hydrogen) atoms. The number of fused-ring (bicyclic) bond motifs is 1. The highest BCUT2D eigenvalue weighted by molar-refractivity contribution is 6.14. The van der Waals surface area contributed by atoms with E-state index in [0.29, 0.717) is 5.56 Å². The Balaban J connectivity index is 1.20. The zero-order valence-electron chi connectivity index (χ0n) is 25.7. The van der Waals surface area contributed by atoms with E-state index in [1.165, 1.54) is 27.8 Å². The van der Waals surface area contributed by atoms with Crippen molar-refractivity contribution < 1.29 is 0 Å². The molecule has 0 amide bonds. The summed E-state index contributed by atoms with van der Waals surface area (Å²) in [6, 6.07) is 48.5. The summed E-state index contributed by atoms with van der Waals surface area (Å²) in [6.45, 7) is 0. The number of allylic oxidation sites excluding steroid dienone is 10. The second-order valence-electron chi connectivity index (χ2n) is 11.8. The molecule has 2 unspecified atom stereocenters. The Labute approximate surface area is 275 Å². The van der Waals surface area contributed by atoms with Crippen LogP contribution in [0.5, 0.6) is 0 Å². The van der Waals surface area contributed by atoms with Crippen molar-refractivity contribution in [3.63, 3.8) is 0 Å². The highest BCUT2D eigenvalue weighted by Gasteiger charge is 2.35. The zero-order chi connectivity index (χ0) is 31.6. The summed E-state index contributed by atoms with van der Waals surface area (Å²) >= 11 is 0. The number of nitrogens with zero attached hydrogens (tertiary/aromatic N) is 3. The molecule has 5 aromatic rings. The maximum absolute atomic E-state index is 9.74. The number of hydrogen-bond acceptors (Lipinski definition) is 3. The number of rotatable bonds is 6. The molecule has 0 radical (unpaired) electrons. The largest absolute Gasteiger partial charge is 0.299 e. The molecule has 0 N–H and O–H groups in total. The molecule has 5 aromatic carbocycles. The Morgan fingerprint density at radius 1 is 0.574 bits per heavy atom. The first-order valence-corrected chi connectivity index (χ1v) is 15.9. The molecule has 2 aliphatic carbocycles. The highest BCUT2D eigenvalue weighted by Crippen LogP contribution is 2.45. The molecule has 3 nitrogen and oxygen atoms in total. The summed E-state index contributed by atoms with van der Waals surface area (Å²) < 4.78 is 0. The van der Waals surface area contributed by atoms with Crippen molar-refractivity contribution in [1.82, 2.24) is 0 Å². The Hall–Kier alpha value is -6.24. The summed E-state index contributed by atoms with van der Waals surface area (Å²) in [5.41, 5.74) is 12.1. The smallest absolute Gasteiger partial charge is 0.154 e. The fraction of sp³-hybridized carbons (Fsp3) is 0.0455. The third kappa shape index (κ3) is 5.27. The molecule has 0 aromatic heterocycles. The average Bonchev–Trinajstić information content (AvgIpc) is 3.38. The van der Waals surface area contributed by atoms with Crippen LogP contribution in [0.25, 0.3) is 22.3 Å². The summed E-state index contributed by atoms with van der Waals surface area (Å²) in [6.07, 6.45) is 15.4. The molecule has 222 valence electrons. The molecular formula is C44H31N3. The predicted octanol–water partition coefficient (Wildman–Crippen LogP) is 10.3. The van der Waals surface area contributed by atoms with Crippen molar-refractivity contribution >= 4 is 22.7 Å². The van der Waals surface area contributed by atoms with E-state index in [0.717, 1.165) is 33.8 Å². The van der Waals surface area contributed by atoms with Crippen LogP contribution in [-0.2, 0) is 0 Å². The Morgan fingerprint density at radius 3 is 2.15 bits per heavy atom. The fourth-order valence-electron chi connectivity index (χ4n) is 6.78. The quantitative estimate of drug-likeness (QED) is 0.194. The summed E-state index contributed by atoms with van der Waals surface area (Å²) in [7, 11) is 0. The fourth-order valence-corrected chi connectivity index (χ4v) is 6.78. The predicted molar refractivity (Wildman–Crippen MR) is 193 cm³/mol. The van der Waals surface area contributed by atoms with Gasteiger partial charge in [-0.25, -0.2) is 4.99 Å². The topological polar surface area (TPSA) is 39.4 Å². The highest BCUT2D eigenvalue weighted by atomic mass is 15.4. The van der Waals surface area contributed by atoms with Gasteiger partial charge in [-0.1, -0.05) is 152 Å². The van der Waals surface area contributed by atoms with E-state index in [1.807, 2.05) is 36.4 Å². The maximum atomic E-state index is 9.74. The SMILES string of the molecule is N#Cc1ccccc1-c1cccc(C2=CC=C(c3cccc(N4C(c5ccccc5)=NC4c4ccccc4)c3)C3C=CC=CC=C23)c1. The minimum Gasteiger partial charge on any atom is -0.299 e. The van der Waals surface area contributed by atoms with Crippen molar-refractivity contribution in [3.05, 3.63) is 209 Å². The van der Waals surface area contributed by atoms with Gasteiger partial charge in [0.05, 0.1) is 11.6 Å². The van der Waals surface area contributed by atoms with Crippen molar-refractivity contribution in [2.75, 3.05) is 4.90 Å². The maximum Gasteiger partial charge on any atom is 0.154 e. The minimum atomic E-state index is -0.0793. The van der Waals surface area contributed by atoms with Gasteiger partial charge in [0.1, 0.15) is 5.84 Å². The van der Waals surface area contributed by atoms with E-state index >= 15 is 0 Å². The lowest BCUT2D eigenvalue weighted by Gasteiger charge is -2.41. The van der Waals surface area contributed by atoms with Crippen LogP contribution in [0.3, 0.4) is 0 Å². The number of benzene rings is 5. The zero-order valence-corrected chi connectivity index (χ0v) is 25.7. The number of aliphatic imine (C=N–C) groups is 1. The van der Waals surface area contributed by atoms with Crippen LogP contribution in [0.15, 0.2) is 187 Å². The number of nitriles is 1. The molecule has 3 aliphatic rings. The standard InChI is InChI=1S/C44H31N3/c45-30-36-18-10-11-23-38(36)33-19-12-20-34(28-33)39-26-27-40(42-25-9-3-8-24-41(39)42)35-21-13-22-37(29-35)47-43(31-14-4-1-5-15-31)46-44(47)32-16-6-2-7-17-32/h1-29,42-43H. The molecule has 0 saturated carbocycles. The summed E-state index contributed by atoms with van der Waals surface area (Å²) in [5, 5.41) is 9.74. The lowest BCUT2D eigenvalue weighted by atomic mass is 9.77. The first-order valence-electron chi connectivity index (χ1n) is 15.9. The van der Waals surface area contributed by atoms with Crippen LogP contribution >= 0.6 is 0 Å². The third-order valence-electron chi connectivity index (χ3n) is 9.05. The molecule has 0 saturated heterocycles. The molecule has 0 bridgehead atoms. The van der Waals surface area contributed by atoms with Crippen LogP contribution in [0.2, 0.25) is 0 Å². The van der Waals surface area contributed by atoms with E-state index < -0.39 is 0 Å². The number of hydrogen-bond donors (Lipinski definition) is 0. The Morgan fingerprint density at radius 2 is 1.30 bits per heavy atom. The molecule has 1 aliphatic heterocycles. The molecule has 0 fully saturated rings. The van der Waals surface area contributed by atoms with Gasteiger partial charge in [0.2, 0.25) is 0 Å². The van der Waals surface area contributed by atoms with Crippen LogP contribution in [0.1, 0.15) is 34.0 Å². The average molecular weight is 602 g/mol. The van der Waals surface area contributed by atoms with Gasteiger partial charge in [-0.15, -0.1) is 0 Å². The first kappa shape index (κ1) is 28.2. The van der Waals surface area contributed by atoms with Crippen molar-refractivity contribution in [3.8, 4) is 17.2 Å². The van der Waals surface area contributed by atoms with Gasteiger partial charge in [-0.3, -0.25) is 4.90 Å². The molecule has 8 rings (SSSR count). The van der Waals surface area contributed by atoms with E-state index in [-0.39, 0.29) is 12.1 Å². The van der Waals surface area contributed by atoms with Crippen molar-refractivity contribution in [2.24, 2.45) is 10.9 Å². The lowest BCUT2D eigenvalue weighted by molar-refractivity contribution is 0.690. The Kier molecular flexibility index (Phi) is 7.38. The number of anilines is 1. The third-order valence-corrected chi connectivity index (χ3v) is 9.05. The second kappa shape index (κ2) is 12.3. The van der Waals surface area contributed by atoms with E-state index in [9.17, 15) is 5.26 Å². The van der Waals surface area contributed by atoms with Crippen LogP contribution in [0, 0.1) is 17.2 Å². The molecule has 0 spiro atoms. The summed E-state index contributed by atoms with van der Waals surface area (Å²) in [4.78, 5) is 7.45. The van der Waals surface area contributed by atoms with Crippen molar-refractivity contribution in [2.45, 2.75) is 6.17 Å². The molecule has 1 heterocycles. The summed E-state index contributed by atoms with van der Waals surface area (Å²) in [5.74, 6) is 1.06. The van der Waals surface area contributed by atoms with Gasteiger partial charge in [-0.2, -0.15) is 5.26 Å². The molecule has 3 heteroatoms. The van der Waals surface area contributed by atoms with Gasteiger partial charge in [-0.05, 0) is 68.8 Å². The van der Waals surface area contributed by atoms with Gasteiger partial charge >= 0.3 is 0 Å². The molecule has 2 atom stereocenters. The van der Waals surface area contributed by atoms with Crippen LogP contribution in [0.4, 0.5) is 5.69 Å². The van der Waals surface area contributed by atoms with Gasteiger partial charge in [0.15, 0.2) is 6.17 Å². The Bertz CT molecular complexity index is 2210. The lowest BCUT2D eigenvalue weighted by Crippen LogP contribution is -2.43. The number of amidine groups is 1. The van der Waals surface area contributed by atoms with E-state index in [4.69, 9.17) is 4.99 Å². The first-order chi connectivity index (χ1) is 23.3. The van der Waals surface area contributed by atoms with Crippen molar-refractivity contribution in [1.29, 1.82) is 5.26 Å².